The number of carbonyl (C=O) groups excluding carboxylic acids is 1. The van der Waals surface area contributed by atoms with E-state index in [1.54, 1.807) is 0 Å². The summed E-state index contributed by atoms with van der Waals surface area (Å²) in [7, 11) is 0. The van der Waals surface area contributed by atoms with Crippen molar-refractivity contribution in [1.82, 2.24) is 10.2 Å². The molecule has 2 bridgehead atoms. The molecule has 3 rings (SSSR count). The van der Waals surface area contributed by atoms with Crippen molar-refractivity contribution in [2.75, 3.05) is 39.4 Å². The maximum absolute atomic E-state index is 12.3. The Balaban J connectivity index is 1.65. The van der Waals surface area contributed by atoms with Gasteiger partial charge in [0, 0.05) is 26.2 Å². The summed E-state index contributed by atoms with van der Waals surface area (Å²) in [4.78, 5) is 14.2. The molecule has 3 aliphatic heterocycles. The highest BCUT2D eigenvalue weighted by Gasteiger charge is 2.43. The first kappa shape index (κ1) is 10.5. The van der Waals surface area contributed by atoms with Gasteiger partial charge in [-0.1, -0.05) is 0 Å². The minimum Gasteiger partial charge on any atom is -0.378 e. The summed E-state index contributed by atoms with van der Waals surface area (Å²) in [6, 6.07) is 0. The molecule has 1 N–H and O–H groups in total. The normalized spacial score (nSPS) is 38.8. The Morgan fingerprint density at radius 1 is 1.25 bits per heavy atom. The fourth-order valence-corrected chi connectivity index (χ4v) is 2.82. The molecule has 3 atom stereocenters. The first-order chi connectivity index (χ1) is 7.84. The van der Waals surface area contributed by atoms with E-state index < -0.39 is 0 Å². The van der Waals surface area contributed by atoms with E-state index in [2.05, 4.69) is 5.32 Å². The van der Waals surface area contributed by atoms with Crippen molar-refractivity contribution in [3.8, 4) is 0 Å². The summed E-state index contributed by atoms with van der Waals surface area (Å²) >= 11 is 0. The number of rotatable bonds is 1. The van der Waals surface area contributed by atoms with Gasteiger partial charge in [-0.2, -0.15) is 0 Å². The Bertz CT molecular complexity index is 278. The summed E-state index contributed by atoms with van der Waals surface area (Å²) in [6.07, 6.45) is 1.22. The molecule has 3 unspecified atom stereocenters. The van der Waals surface area contributed by atoms with Gasteiger partial charge in [0.05, 0.1) is 31.3 Å². The second-order valence-corrected chi connectivity index (χ2v) is 4.73. The number of amides is 1. The molecule has 0 aromatic rings. The van der Waals surface area contributed by atoms with Gasteiger partial charge in [-0.25, -0.2) is 0 Å². The Hall–Kier alpha value is -0.650. The lowest BCUT2D eigenvalue weighted by atomic mass is 9.98. The fourth-order valence-electron chi connectivity index (χ4n) is 2.82. The van der Waals surface area contributed by atoms with Crippen LogP contribution in [-0.4, -0.2) is 62.4 Å². The maximum atomic E-state index is 12.3. The van der Waals surface area contributed by atoms with E-state index >= 15 is 0 Å². The lowest BCUT2D eigenvalue weighted by molar-refractivity contribution is -0.141. The highest BCUT2D eigenvalue weighted by molar-refractivity contribution is 5.80. The molecule has 3 aliphatic rings. The highest BCUT2D eigenvalue weighted by atomic mass is 16.5. The minimum absolute atomic E-state index is 0.0677. The molecule has 5 nitrogen and oxygen atoms in total. The van der Waals surface area contributed by atoms with Crippen molar-refractivity contribution in [3.63, 3.8) is 0 Å². The summed E-state index contributed by atoms with van der Waals surface area (Å²) < 4.78 is 11.0. The largest absolute Gasteiger partial charge is 0.378 e. The molecule has 0 saturated carbocycles. The molecule has 0 spiro atoms. The zero-order chi connectivity index (χ0) is 11.0. The van der Waals surface area contributed by atoms with Gasteiger partial charge in [0.1, 0.15) is 0 Å². The van der Waals surface area contributed by atoms with Crippen molar-refractivity contribution in [2.45, 2.75) is 18.6 Å². The molecule has 1 amide bonds. The van der Waals surface area contributed by atoms with Crippen LogP contribution in [0.1, 0.15) is 6.42 Å². The average molecular weight is 226 g/mol. The van der Waals surface area contributed by atoms with E-state index in [9.17, 15) is 4.79 Å². The van der Waals surface area contributed by atoms with Gasteiger partial charge >= 0.3 is 0 Å². The summed E-state index contributed by atoms with van der Waals surface area (Å²) in [5, 5.41) is 3.31. The van der Waals surface area contributed by atoms with Gasteiger partial charge in [-0.05, 0) is 6.42 Å². The zero-order valence-electron chi connectivity index (χ0n) is 9.35. The standard InChI is InChI=1S/C11H18N2O3/c14-11(13-1-3-15-4-2-13)9-5-8-6-12-7-10(9)16-8/h8-10,12H,1-7H2. The lowest BCUT2D eigenvalue weighted by Gasteiger charge is -2.30. The number of nitrogens with one attached hydrogen (secondary N) is 1. The van der Waals surface area contributed by atoms with Gasteiger partial charge in [0.2, 0.25) is 5.91 Å². The Morgan fingerprint density at radius 3 is 2.81 bits per heavy atom. The number of morpholine rings is 2. The predicted molar refractivity (Wildman–Crippen MR) is 57.0 cm³/mol. The second kappa shape index (κ2) is 4.31. The molecule has 3 saturated heterocycles. The molecule has 16 heavy (non-hydrogen) atoms. The number of fused-ring (bicyclic) bond motifs is 2. The van der Waals surface area contributed by atoms with Gasteiger partial charge in [-0.15, -0.1) is 0 Å². The second-order valence-electron chi connectivity index (χ2n) is 4.73. The van der Waals surface area contributed by atoms with Crippen LogP contribution in [0.4, 0.5) is 0 Å². The van der Waals surface area contributed by atoms with E-state index in [1.165, 1.54) is 0 Å². The van der Waals surface area contributed by atoms with Gasteiger partial charge in [0.25, 0.3) is 0 Å². The SMILES string of the molecule is O=C(C1CC2CNCC1O2)N1CCOCC1. The van der Waals surface area contributed by atoms with Crippen LogP contribution in [0.2, 0.25) is 0 Å². The van der Waals surface area contributed by atoms with Crippen LogP contribution in [0.25, 0.3) is 0 Å². The highest BCUT2D eigenvalue weighted by Crippen LogP contribution is 2.30. The monoisotopic (exact) mass is 226 g/mol. The molecule has 5 heteroatoms. The molecule has 0 aromatic carbocycles. The Kier molecular flexibility index (Phi) is 2.83. The molecular formula is C11H18N2O3. The zero-order valence-corrected chi connectivity index (χ0v) is 9.35. The molecule has 0 radical (unpaired) electrons. The molecule has 90 valence electrons. The first-order valence-corrected chi connectivity index (χ1v) is 6.07. The van der Waals surface area contributed by atoms with Crippen molar-refractivity contribution in [1.29, 1.82) is 0 Å². The van der Waals surface area contributed by atoms with E-state index in [-0.39, 0.29) is 24.0 Å². The van der Waals surface area contributed by atoms with Gasteiger partial charge in [0.15, 0.2) is 0 Å². The van der Waals surface area contributed by atoms with E-state index in [4.69, 9.17) is 9.47 Å². The van der Waals surface area contributed by atoms with Gasteiger partial charge < -0.3 is 19.7 Å². The third-order valence-electron chi connectivity index (χ3n) is 3.69. The summed E-state index contributed by atoms with van der Waals surface area (Å²) in [6.45, 7) is 4.53. The number of hydrogen-bond acceptors (Lipinski definition) is 4. The number of ether oxygens (including phenoxy) is 2. The smallest absolute Gasteiger partial charge is 0.228 e. The third kappa shape index (κ3) is 1.83. The van der Waals surface area contributed by atoms with Gasteiger partial charge in [-0.3, -0.25) is 4.79 Å². The van der Waals surface area contributed by atoms with Crippen LogP contribution in [-0.2, 0) is 14.3 Å². The molecular weight excluding hydrogens is 208 g/mol. The molecule has 3 heterocycles. The van der Waals surface area contributed by atoms with Crippen LogP contribution in [0.15, 0.2) is 0 Å². The van der Waals surface area contributed by atoms with Crippen molar-refractivity contribution in [3.05, 3.63) is 0 Å². The third-order valence-corrected chi connectivity index (χ3v) is 3.69. The lowest BCUT2D eigenvalue weighted by Crippen LogP contribution is -2.47. The van der Waals surface area contributed by atoms with Crippen molar-refractivity contribution in [2.24, 2.45) is 5.92 Å². The van der Waals surface area contributed by atoms with Crippen LogP contribution >= 0.6 is 0 Å². The van der Waals surface area contributed by atoms with Crippen molar-refractivity contribution >= 4 is 5.91 Å². The van der Waals surface area contributed by atoms with E-state index in [0.717, 1.165) is 32.6 Å². The minimum atomic E-state index is 0.0677. The summed E-state index contributed by atoms with van der Waals surface area (Å²) in [5.41, 5.74) is 0. The van der Waals surface area contributed by atoms with E-state index in [0.29, 0.717) is 13.2 Å². The van der Waals surface area contributed by atoms with E-state index in [1.807, 2.05) is 4.90 Å². The predicted octanol–water partition coefficient (Wildman–Crippen LogP) is -0.778. The Morgan fingerprint density at radius 2 is 2.06 bits per heavy atom. The number of hydrogen-bond donors (Lipinski definition) is 1. The fraction of sp³-hybridized carbons (Fsp3) is 0.909. The summed E-state index contributed by atoms with van der Waals surface area (Å²) in [5.74, 6) is 0.331. The van der Waals surface area contributed by atoms with Crippen LogP contribution in [0.3, 0.4) is 0 Å². The number of carbonyl (C=O) groups is 1. The number of nitrogens with zero attached hydrogens (tertiary/aromatic N) is 1. The van der Waals surface area contributed by atoms with Crippen LogP contribution < -0.4 is 5.32 Å². The Labute approximate surface area is 95.1 Å². The quantitative estimate of drug-likeness (QED) is 0.637. The average Bonchev–Trinajstić information content (AvgIpc) is 2.64. The van der Waals surface area contributed by atoms with Crippen LogP contribution in [0, 0.1) is 5.92 Å². The topological polar surface area (TPSA) is 50.8 Å². The molecule has 3 fully saturated rings. The molecule has 0 aliphatic carbocycles. The van der Waals surface area contributed by atoms with Crippen LogP contribution in [0.5, 0.6) is 0 Å². The molecule has 0 aromatic heterocycles. The van der Waals surface area contributed by atoms with Crippen molar-refractivity contribution < 1.29 is 14.3 Å². The first-order valence-electron chi connectivity index (χ1n) is 6.07. The maximum Gasteiger partial charge on any atom is 0.228 e.